The zero-order valence-corrected chi connectivity index (χ0v) is 9.10. The van der Waals surface area contributed by atoms with Gasteiger partial charge in [0.05, 0.1) is 7.11 Å². The summed E-state index contributed by atoms with van der Waals surface area (Å²) in [6.07, 6.45) is 1.01. The molecule has 0 aliphatic rings. The van der Waals surface area contributed by atoms with E-state index in [-0.39, 0.29) is 5.97 Å². The molecular weight excluding hydrogens is 200 g/mol. The Hall–Kier alpha value is -1.02. The molecule has 0 aliphatic carbocycles. The first-order chi connectivity index (χ1) is 6.65. The van der Waals surface area contributed by atoms with Crippen molar-refractivity contribution >= 4 is 17.6 Å². The maximum absolute atomic E-state index is 10.9. The van der Waals surface area contributed by atoms with E-state index in [4.69, 9.17) is 11.6 Å². The molecule has 0 heterocycles. The van der Waals surface area contributed by atoms with E-state index >= 15 is 0 Å². The molecular formula is C11H13ClO2. The fourth-order valence-electron chi connectivity index (χ4n) is 1.31. The van der Waals surface area contributed by atoms with Crippen LogP contribution in [-0.2, 0) is 16.0 Å². The lowest BCUT2D eigenvalue weighted by Gasteiger charge is -2.06. The Morgan fingerprint density at radius 2 is 2.21 bits per heavy atom. The number of halogens is 1. The maximum atomic E-state index is 10.9. The van der Waals surface area contributed by atoms with Crippen molar-refractivity contribution in [1.82, 2.24) is 0 Å². The Kier molecular flexibility index (Phi) is 3.96. The summed E-state index contributed by atoms with van der Waals surface area (Å²) >= 11 is 6.00. The molecule has 0 aromatic heterocycles. The van der Waals surface area contributed by atoms with Crippen LogP contribution in [0.5, 0.6) is 0 Å². The first-order valence-electron chi connectivity index (χ1n) is 4.46. The number of ether oxygens (including phenoxy) is 1. The van der Waals surface area contributed by atoms with E-state index in [0.717, 1.165) is 11.1 Å². The highest BCUT2D eigenvalue weighted by Gasteiger charge is 2.06. The van der Waals surface area contributed by atoms with Gasteiger partial charge < -0.3 is 4.74 Å². The monoisotopic (exact) mass is 212 g/mol. The van der Waals surface area contributed by atoms with Crippen molar-refractivity contribution in [2.24, 2.45) is 0 Å². The van der Waals surface area contributed by atoms with Crippen molar-refractivity contribution in [3.63, 3.8) is 0 Å². The standard InChI is InChI=1S/C11H13ClO2/c1-8-4-3-5-10(12)9(8)6-7-11(13)14-2/h3-5H,6-7H2,1-2H3. The number of carbonyl (C=O) groups is 1. The molecule has 0 atom stereocenters. The summed E-state index contributed by atoms with van der Waals surface area (Å²) in [7, 11) is 1.39. The van der Waals surface area contributed by atoms with E-state index in [1.165, 1.54) is 7.11 Å². The molecule has 0 spiro atoms. The van der Waals surface area contributed by atoms with E-state index in [9.17, 15) is 4.79 Å². The minimum Gasteiger partial charge on any atom is -0.469 e. The van der Waals surface area contributed by atoms with Crippen LogP contribution >= 0.6 is 11.6 Å². The van der Waals surface area contributed by atoms with Crippen LogP contribution in [0.2, 0.25) is 5.02 Å². The topological polar surface area (TPSA) is 26.3 Å². The third-order valence-corrected chi connectivity index (χ3v) is 2.51. The van der Waals surface area contributed by atoms with Gasteiger partial charge in [-0.25, -0.2) is 0 Å². The predicted octanol–water partition coefficient (Wildman–Crippen LogP) is 2.75. The second-order valence-electron chi connectivity index (χ2n) is 3.11. The zero-order chi connectivity index (χ0) is 10.6. The number of benzene rings is 1. The number of hydrogen-bond donors (Lipinski definition) is 0. The Labute approximate surface area is 88.8 Å². The van der Waals surface area contributed by atoms with Crippen LogP contribution in [0.25, 0.3) is 0 Å². The Bertz CT molecular complexity index is 314. The van der Waals surface area contributed by atoms with Gasteiger partial charge in [-0.1, -0.05) is 23.7 Å². The second kappa shape index (κ2) is 5.01. The fraction of sp³-hybridized carbons (Fsp3) is 0.364. The van der Waals surface area contributed by atoms with Gasteiger partial charge in [-0.15, -0.1) is 0 Å². The molecule has 0 unspecified atom stereocenters. The summed E-state index contributed by atoms with van der Waals surface area (Å²) in [6, 6.07) is 5.72. The van der Waals surface area contributed by atoms with Gasteiger partial charge >= 0.3 is 5.97 Å². The van der Waals surface area contributed by atoms with Crippen LogP contribution in [0.3, 0.4) is 0 Å². The first-order valence-corrected chi connectivity index (χ1v) is 4.83. The summed E-state index contributed by atoms with van der Waals surface area (Å²) in [5.74, 6) is -0.204. The summed E-state index contributed by atoms with van der Waals surface area (Å²) in [6.45, 7) is 1.98. The minimum absolute atomic E-state index is 0.204. The van der Waals surface area contributed by atoms with Gasteiger partial charge in [-0.2, -0.15) is 0 Å². The lowest BCUT2D eigenvalue weighted by Crippen LogP contribution is -2.03. The highest BCUT2D eigenvalue weighted by Crippen LogP contribution is 2.20. The molecule has 14 heavy (non-hydrogen) atoms. The van der Waals surface area contributed by atoms with Crippen LogP contribution in [-0.4, -0.2) is 13.1 Å². The fourth-order valence-corrected chi connectivity index (χ4v) is 1.63. The SMILES string of the molecule is COC(=O)CCc1c(C)cccc1Cl. The van der Waals surface area contributed by atoms with Crippen LogP contribution < -0.4 is 0 Å². The average Bonchev–Trinajstić information content (AvgIpc) is 2.16. The second-order valence-corrected chi connectivity index (χ2v) is 3.52. The van der Waals surface area contributed by atoms with Crippen LogP contribution in [0, 0.1) is 6.92 Å². The van der Waals surface area contributed by atoms with E-state index in [1.807, 2.05) is 25.1 Å². The molecule has 1 rings (SSSR count). The molecule has 0 fully saturated rings. The van der Waals surface area contributed by atoms with Crippen LogP contribution in [0.4, 0.5) is 0 Å². The Morgan fingerprint density at radius 1 is 1.50 bits per heavy atom. The molecule has 0 N–H and O–H groups in total. The van der Waals surface area contributed by atoms with Gasteiger partial charge in [-0.3, -0.25) is 4.79 Å². The van der Waals surface area contributed by atoms with Crippen molar-refractivity contribution in [2.75, 3.05) is 7.11 Å². The maximum Gasteiger partial charge on any atom is 0.305 e. The molecule has 0 amide bonds. The van der Waals surface area contributed by atoms with Crippen molar-refractivity contribution in [1.29, 1.82) is 0 Å². The van der Waals surface area contributed by atoms with Crippen molar-refractivity contribution in [3.8, 4) is 0 Å². The van der Waals surface area contributed by atoms with E-state index in [2.05, 4.69) is 4.74 Å². The van der Waals surface area contributed by atoms with Gasteiger partial charge in [0.1, 0.15) is 0 Å². The lowest BCUT2D eigenvalue weighted by atomic mass is 10.0. The zero-order valence-electron chi connectivity index (χ0n) is 8.34. The molecule has 0 saturated heterocycles. The lowest BCUT2D eigenvalue weighted by molar-refractivity contribution is -0.140. The normalized spacial score (nSPS) is 9.93. The molecule has 0 saturated carbocycles. The molecule has 0 aliphatic heterocycles. The highest BCUT2D eigenvalue weighted by atomic mass is 35.5. The molecule has 1 aromatic carbocycles. The average molecular weight is 213 g/mol. The number of methoxy groups -OCH3 is 1. The molecule has 2 nitrogen and oxygen atoms in total. The number of esters is 1. The minimum atomic E-state index is -0.204. The number of hydrogen-bond acceptors (Lipinski definition) is 2. The van der Waals surface area contributed by atoms with Gasteiger partial charge in [0.15, 0.2) is 0 Å². The molecule has 76 valence electrons. The largest absolute Gasteiger partial charge is 0.469 e. The third-order valence-electron chi connectivity index (χ3n) is 2.16. The smallest absolute Gasteiger partial charge is 0.305 e. The summed E-state index contributed by atoms with van der Waals surface area (Å²) < 4.78 is 4.57. The predicted molar refractivity (Wildman–Crippen MR) is 56.5 cm³/mol. The van der Waals surface area contributed by atoms with Gasteiger partial charge in [0.25, 0.3) is 0 Å². The van der Waals surface area contributed by atoms with Crippen LogP contribution in [0.15, 0.2) is 18.2 Å². The van der Waals surface area contributed by atoms with Gasteiger partial charge in [0, 0.05) is 11.4 Å². The van der Waals surface area contributed by atoms with Gasteiger partial charge in [-0.05, 0) is 30.5 Å². The van der Waals surface area contributed by atoms with Crippen molar-refractivity contribution < 1.29 is 9.53 Å². The molecule has 0 radical (unpaired) electrons. The number of rotatable bonds is 3. The summed E-state index contributed by atoms with van der Waals surface area (Å²) in [4.78, 5) is 10.9. The van der Waals surface area contributed by atoms with E-state index < -0.39 is 0 Å². The van der Waals surface area contributed by atoms with Crippen LogP contribution in [0.1, 0.15) is 17.5 Å². The third kappa shape index (κ3) is 2.74. The Balaban J connectivity index is 2.71. The Morgan fingerprint density at radius 3 is 2.79 bits per heavy atom. The first kappa shape index (κ1) is 11.1. The van der Waals surface area contributed by atoms with E-state index in [1.54, 1.807) is 0 Å². The number of aryl methyl sites for hydroxylation is 1. The van der Waals surface area contributed by atoms with E-state index in [0.29, 0.717) is 17.9 Å². The molecule has 0 bridgehead atoms. The van der Waals surface area contributed by atoms with Crippen molar-refractivity contribution in [2.45, 2.75) is 19.8 Å². The quantitative estimate of drug-likeness (QED) is 0.721. The number of carbonyl (C=O) groups excluding carboxylic acids is 1. The summed E-state index contributed by atoms with van der Waals surface area (Å²) in [5, 5.41) is 0.717. The summed E-state index contributed by atoms with van der Waals surface area (Å²) in [5.41, 5.74) is 2.14. The van der Waals surface area contributed by atoms with Gasteiger partial charge in [0.2, 0.25) is 0 Å². The van der Waals surface area contributed by atoms with Crippen molar-refractivity contribution in [3.05, 3.63) is 34.3 Å². The highest BCUT2D eigenvalue weighted by molar-refractivity contribution is 6.31. The molecule has 1 aromatic rings. The molecule has 3 heteroatoms.